The molecule has 0 radical (unpaired) electrons. The first-order valence-electron chi connectivity index (χ1n) is 18.3. The van der Waals surface area contributed by atoms with Crippen LogP contribution in [0.5, 0.6) is 11.5 Å². The molecule has 10 rings (SSSR count). The maximum atomic E-state index is 8.77. The summed E-state index contributed by atoms with van der Waals surface area (Å²) in [7, 11) is 0. The normalized spacial score (nSPS) is 13.5. The maximum Gasteiger partial charge on any atom is 0.135 e. The van der Waals surface area contributed by atoms with Gasteiger partial charge in [-0.05, 0) is 107 Å². The van der Waals surface area contributed by atoms with Gasteiger partial charge in [0.25, 0.3) is 0 Å². The Hall–Kier alpha value is -6.18. The highest BCUT2D eigenvalue weighted by Gasteiger charge is 2.23. The fourth-order valence-electron chi connectivity index (χ4n) is 7.36. The summed E-state index contributed by atoms with van der Waals surface area (Å²) in [6.07, 6.45) is 0. The summed E-state index contributed by atoms with van der Waals surface area (Å²) in [5.41, 5.74) is 7.42. The highest BCUT2D eigenvalue weighted by molar-refractivity contribution is 6.25. The van der Waals surface area contributed by atoms with Crippen LogP contribution in [0, 0.1) is 0 Å². The minimum atomic E-state index is -0.400. The number of hydrogen-bond acceptors (Lipinski definition) is 1. The van der Waals surface area contributed by atoms with Crippen LogP contribution in [0.15, 0.2) is 170 Å². The third-order valence-corrected chi connectivity index (χ3v) is 9.54. The zero-order chi connectivity index (χ0) is 35.2. The van der Waals surface area contributed by atoms with E-state index in [0.29, 0.717) is 5.56 Å². The fourth-order valence-corrected chi connectivity index (χ4v) is 7.36. The van der Waals surface area contributed by atoms with Gasteiger partial charge in [0, 0.05) is 10.9 Å². The summed E-state index contributed by atoms with van der Waals surface area (Å²) >= 11 is 0. The highest BCUT2D eigenvalue weighted by Crippen LogP contribution is 2.51. The van der Waals surface area contributed by atoms with Crippen LogP contribution in [0.4, 0.5) is 0 Å². The summed E-state index contributed by atoms with van der Waals surface area (Å²) < 4.78 is 49.1. The zero-order valence-corrected chi connectivity index (χ0v) is 25.2. The number of ether oxygens (including phenoxy) is 1. The van der Waals surface area contributed by atoms with Crippen LogP contribution in [0.1, 0.15) is 6.85 Å². The number of fused-ring (bicyclic) bond motifs is 7. The van der Waals surface area contributed by atoms with Crippen LogP contribution >= 0.6 is 0 Å². The predicted molar refractivity (Wildman–Crippen MR) is 198 cm³/mol. The summed E-state index contributed by atoms with van der Waals surface area (Å²) in [6.45, 7) is 0. The van der Waals surface area contributed by atoms with Gasteiger partial charge in [0.2, 0.25) is 0 Å². The second-order valence-corrected chi connectivity index (χ2v) is 12.1. The van der Waals surface area contributed by atoms with Crippen molar-refractivity contribution in [2.75, 3.05) is 0 Å². The summed E-state index contributed by atoms with van der Waals surface area (Å²) in [5.74, 6) is 1.54. The lowest BCUT2D eigenvalue weighted by molar-refractivity contribution is 0.487. The highest BCUT2D eigenvalue weighted by atomic mass is 16.5. The Morgan fingerprint density at radius 3 is 1.89 bits per heavy atom. The number of hydrogen-bond donors (Lipinski definition) is 0. The molecule has 0 N–H and O–H groups in total. The molecule has 0 saturated heterocycles. The molecule has 1 heterocycles. The van der Waals surface area contributed by atoms with Gasteiger partial charge in [0.15, 0.2) is 0 Å². The minimum absolute atomic E-state index is 0.198. The van der Waals surface area contributed by atoms with E-state index in [0.717, 1.165) is 66.1 Å². The molecule has 0 aliphatic carbocycles. The summed E-state index contributed by atoms with van der Waals surface area (Å²) in [6, 6.07) is 46.7. The van der Waals surface area contributed by atoms with Crippen molar-refractivity contribution < 1.29 is 11.6 Å². The summed E-state index contributed by atoms with van der Waals surface area (Å²) in [5, 5.41) is 8.13. The van der Waals surface area contributed by atoms with Crippen LogP contribution in [0.2, 0.25) is 0 Å². The first-order valence-corrected chi connectivity index (χ1v) is 15.8. The molecule has 0 bridgehead atoms. The molecule has 0 aromatic heterocycles. The Kier molecular flexibility index (Phi) is 4.66. The molecule has 9 aromatic rings. The van der Waals surface area contributed by atoms with Crippen LogP contribution < -0.4 is 4.74 Å². The molecule has 1 aliphatic heterocycles. The van der Waals surface area contributed by atoms with Crippen molar-refractivity contribution in [3.63, 3.8) is 0 Å². The quantitative estimate of drug-likeness (QED) is 0.183. The van der Waals surface area contributed by atoms with E-state index in [2.05, 4.69) is 97.1 Å². The monoisotopic (exact) mass is 601 g/mol. The molecule has 0 fully saturated rings. The van der Waals surface area contributed by atoms with E-state index in [-0.39, 0.29) is 29.7 Å². The van der Waals surface area contributed by atoms with Crippen molar-refractivity contribution in [2.24, 2.45) is 0 Å². The molecule has 1 heteroatoms. The van der Waals surface area contributed by atoms with E-state index in [1.54, 1.807) is 0 Å². The molecule has 218 valence electrons. The van der Waals surface area contributed by atoms with Crippen molar-refractivity contribution in [3.8, 4) is 56.0 Å². The van der Waals surface area contributed by atoms with Gasteiger partial charge in [0.1, 0.15) is 11.5 Å². The molecule has 1 nitrogen and oxygen atoms in total. The van der Waals surface area contributed by atoms with E-state index in [1.807, 2.05) is 42.5 Å². The van der Waals surface area contributed by atoms with Crippen molar-refractivity contribution in [3.05, 3.63) is 170 Å². The average molecular weight is 602 g/mol. The molecule has 0 amide bonds. The Bertz CT molecular complexity index is 2950. The van der Waals surface area contributed by atoms with Crippen molar-refractivity contribution in [1.82, 2.24) is 0 Å². The molecule has 0 saturated carbocycles. The molecule has 0 unspecified atom stereocenters. The van der Waals surface area contributed by atoms with Crippen molar-refractivity contribution in [2.45, 2.75) is 0 Å². The molecular weight excluding hydrogens is 569 g/mol. The van der Waals surface area contributed by atoms with Crippen LogP contribution in [-0.2, 0) is 0 Å². The lowest BCUT2D eigenvalue weighted by Crippen LogP contribution is -1.98. The third kappa shape index (κ3) is 4.03. The lowest BCUT2D eigenvalue weighted by Gasteiger charge is -2.24. The van der Waals surface area contributed by atoms with Crippen molar-refractivity contribution in [1.29, 1.82) is 0 Å². The predicted octanol–water partition coefficient (Wildman–Crippen LogP) is 13.1. The lowest BCUT2D eigenvalue weighted by atomic mass is 9.86. The average Bonchev–Trinajstić information content (AvgIpc) is 3.19. The Morgan fingerprint density at radius 2 is 1.02 bits per heavy atom. The maximum absolute atomic E-state index is 8.77. The Labute approximate surface area is 280 Å². The topological polar surface area (TPSA) is 9.23 Å². The zero-order valence-electron chi connectivity index (χ0n) is 30.2. The SMILES string of the molecule is [2H]c1c([2H])c([2H])c(-c2cc3c4cccc5c4c(cc3c3ccccc23)-c2ccc(-c3ccc(-c4cccc6ccccc46)cc3)cc2O5)c([2H])c1[2H]. The second-order valence-electron chi connectivity index (χ2n) is 12.1. The van der Waals surface area contributed by atoms with Crippen LogP contribution in [-0.4, -0.2) is 0 Å². The molecule has 0 atom stereocenters. The molecule has 9 aromatic carbocycles. The summed E-state index contributed by atoms with van der Waals surface area (Å²) in [4.78, 5) is 0. The standard InChI is InChI=1S/C46H28O/c1-2-10-31(11-3-1)40-27-42-39-18-9-19-44-46(39)43(28-41(42)37-16-7-6-15-36(37)40)38-25-24-33(26-45(38)47-44)29-20-22-32(23-21-29)35-17-8-13-30-12-4-5-14-34(30)35/h1-28H/i1D,2D,3D,10D,11D. The van der Waals surface area contributed by atoms with Crippen LogP contribution in [0.3, 0.4) is 0 Å². The van der Waals surface area contributed by atoms with E-state index >= 15 is 0 Å². The van der Waals surface area contributed by atoms with E-state index in [9.17, 15) is 0 Å². The van der Waals surface area contributed by atoms with Gasteiger partial charge < -0.3 is 4.74 Å². The minimum Gasteiger partial charge on any atom is -0.456 e. The van der Waals surface area contributed by atoms with Crippen molar-refractivity contribution >= 4 is 43.1 Å². The van der Waals surface area contributed by atoms with Gasteiger partial charge in [-0.15, -0.1) is 0 Å². The first kappa shape index (κ1) is 21.5. The van der Waals surface area contributed by atoms with Gasteiger partial charge in [-0.1, -0.05) is 139 Å². The van der Waals surface area contributed by atoms with Gasteiger partial charge >= 0.3 is 0 Å². The third-order valence-electron chi connectivity index (χ3n) is 9.54. The second kappa shape index (κ2) is 10.2. The molecule has 0 spiro atoms. The van der Waals surface area contributed by atoms with E-state index in [1.165, 1.54) is 21.9 Å². The Morgan fingerprint density at radius 1 is 0.362 bits per heavy atom. The molecule has 1 aliphatic rings. The van der Waals surface area contributed by atoms with Crippen LogP contribution in [0.25, 0.3) is 87.6 Å². The molecular formula is C46H28O. The van der Waals surface area contributed by atoms with Gasteiger partial charge in [-0.3, -0.25) is 0 Å². The first-order chi connectivity index (χ1) is 25.4. The van der Waals surface area contributed by atoms with Gasteiger partial charge in [0.05, 0.1) is 6.85 Å². The Balaban J connectivity index is 1.13. The largest absolute Gasteiger partial charge is 0.456 e. The van der Waals surface area contributed by atoms with E-state index < -0.39 is 6.04 Å². The number of rotatable bonds is 3. The van der Waals surface area contributed by atoms with Gasteiger partial charge in [-0.2, -0.15) is 0 Å². The molecule has 47 heavy (non-hydrogen) atoms. The number of benzene rings is 9. The fraction of sp³-hybridized carbons (Fsp3) is 0. The smallest absolute Gasteiger partial charge is 0.135 e. The van der Waals surface area contributed by atoms with E-state index in [4.69, 9.17) is 11.6 Å². The van der Waals surface area contributed by atoms with Gasteiger partial charge in [-0.25, -0.2) is 0 Å².